The molecule has 1 fully saturated rings. The molecule has 0 aromatic heterocycles. The van der Waals surface area contributed by atoms with Gasteiger partial charge in [0.1, 0.15) is 0 Å². The van der Waals surface area contributed by atoms with E-state index < -0.39 is 0 Å². The summed E-state index contributed by atoms with van der Waals surface area (Å²) >= 11 is 0. The average molecular weight is 234 g/mol. The van der Waals surface area contributed by atoms with Crippen molar-refractivity contribution in [1.29, 1.82) is 0 Å². The molecule has 1 aliphatic heterocycles. The van der Waals surface area contributed by atoms with E-state index in [2.05, 4.69) is 0 Å². The number of hydrogen-bond acceptors (Lipinski definition) is 3. The molecule has 2 N–H and O–H groups in total. The predicted molar refractivity (Wildman–Crippen MR) is 65.8 cm³/mol. The molecule has 4 heteroatoms. The average Bonchev–Trinajstić information content (AvgIpc) is 2.39. The van der Waals surface area contributed by atoms with Crippen LogP contribution in [0.4, 0.5) is 0 Å². The largest absolute Gasteiger partial charge is 0.378 e. The van der Waals surface area contributed by atoms with Gasteiger partial charge in [-0.3, -0.25) is 4.79 Å². The molecule has 1 aromatic rings. The maximum atomic E-state index is 12.1. The Balaban J connectivity index is 2.08. The van der Waals surface area contributed by atoms with E-state index in [1.54, 1.807) is 0 Å². The number of rotatable bonds is 2. The van der Waals surface area contributed by atoms with Gasteiger partial charge in [0.2, 0.25) is 0 Å². The molecule has 0 bridgehead atoms. The number of benzene rings is 1. The van der Waals surface area contributed by atoms with Crippen LogP contribution in [0.25, 0.3) is 0 Å². The van der Waals surface area contributed by atoms with Crippen LogP contribution < -0.4 is 5.73 Å². The van der Waals surface area contributed by atoms with Gasteiger partial charge in [0.05, 0.1) is 13.2 Å². The molecule has 92 valence electrons. The summed E-state index contributed by atoms with van der Waals surface area (Å²) in [6.45, 7) is 4.54. The van der Waals surface area contributed by atoms with Crippen LogP contribution in [0, 0.1) is 0 Å². The van der Waals surface area contributed by atoms with E-state index in [9.17, 15) is 4.79 Å². The second kappa shape index (κ2) is 5.29. The predicted octanol–water partition coefficient (Wildman–Crippen LogP) is 1.18. The standard InChI is InChI=1S/C13H18N2O2/c1-10(14)11-2-4-12(5-3-11)13(16)15-6-8-17-9-7-15/h2-5,10H,6-9,14H2,1H3/t10-/m0/s1. The van der Waals surface area contributed by atoms with E-state index >= 15 is 0 Å². The van der Waals surface area contributed by atoms with Crippen LogP contribution in [0.5, 0.6) is 0 Å². The highest BCUT2D eigenvalue weighted by Gasteiger charge is 2.18. The topological polar surface area (TPSA) is 55.6 Å². The molecule has 17 heavy (non-hydrogen) atoms. The number of hydrogen-bond donors (Lipinski definition) is 1. The van der Waals surface area contributed by atoms with Crippen LogP contribution in [0.2, 0.25) is 0 Å². The number of amides is 1. The van der Waals surface area contributed by atoms with Crippen molar-refractivity contribution in [3.63, 3.8) is 0 Å². The monoisotopic (exact) mass is 234 g/mol. The summed E-state index contributed by atoms with van der Waals surface area (Å²) in [5, 5.41) is 0. The Morgan fingerprint density at radius 2 is 1.88 bits per heavy atom. The normalized spacial score (nSPS) is 17.9. The molecule has 1 atom stereocenters. The fourth-order valence-electron chi connectivity index (χ4n) is 1.88. The molecule has 0 spiro atoms. The van der Waals surface area contributed by atoms with Gasteiger partial charge in [-0.15, -0.1) is 0 Å². The zero-order valence-electron chi connectivity index (χ0n) is 10.1. The molecule has 1 amide bonds. The van der Waals surface area contributed by atoms with E-state index in [0.717, 1.165) is 11.1 Å². The SMILES string of the molecule is C[C@H](N)c1ccc(C(=O)N2CCOCC2)cc1. The van der Waals surface area contributed by atoms with Gasteiger partial charge < -0.3 is 15.4 Å². The Kier molecular flexibility index (Phi) is 3.76. The number of carbonyl (C=O) groups excluding carboxylic acids is 1. The highest BCUT2D eigenvalue weighted by Crippen LogP contribution is 2.13. The van der Waals surface area contributed by atoms with Crippen LogP contribution in [0.3, 0.4) is 0 Å². The lowest BCUT2D eigenvalue weighted by atomic mass is 10.1. The molecule has 0 unspecified atom stereocenters. The van der Waals surface area contributed by atoms with Crippen molar-refractivity contribution in [3.8, 4) is 0 Å². The molecule has 1 aliphatic rings. The van der Waals surface area contributed by atoms with Gasteiger partial charge in [-0.25, -0.2) is 0 Å². The summed E-state index contributed by atoms with van der Waals surface area (Å²) < 4.78 is 5.23. The Hall–Kier alpha value is -1.39. The lowest BCUT2D eigenvalue weighted by molar-refractivity contribution is 0.0303. The summed E-state index contributed by atoms with van der Waals surface area (Å²) in [6, 6.07) is 7.52. The zero-order valence-corrected chi connectivity index (χ0v) is 10.1. The minimum atomic E-state index is 0.00235. The highest BCUT2D eigenvalue weighted by molar-refractivity contribution is 5.94. The fourth-order valence-corrected chi connectivity index (χ4v) is 1.88. The highest BCUT2D eigenvalue weighted by atomic mass is 16.5. The van der Waals surface area contributed by atoms with Crippen molar-refractivity contribution in [2.45, 2.75) is 13.0 Å². The van der Waals surface area contributed by atoms with Gasteiger partial charge >= 0.3 is 0 Å². The number of morpholine rings is 1. The minimum absolute atomic E-state index is 0.00235. The van der Waals surface area contributed by atoms with Gasteiger partial charge in [-0.05, 0) is 24.6 Å². The van der Waals surface area contributed by atoms with Crippen LogP contribution in [-0.4, -0.2) is 37.1 Å². The van der Waals surface area contributed by atoms with Crippen molar-refractivity contribution in [2.75, 3.05) is 26.3 Å². The van der Waals surface area contributed by atoms with Crippen molar-refractivity contribution in [1.82, 2.24) is 4.90 Å². The maximum absolute atomic E-state index is 12.1. The van der Waals surface area contributed by atoms with Crippen LogP contribution in [0.15, 0.2) is 24.3 Å². The van der Waals surface area contributed by atoms with Crippen LogP contribution >= 0.6 is 0 Å². The summed E-state index contributed by atoms with van der Waals surface area (Å²) in [4.78, 5) is 13.9. The number of ether oxygens (including phenoxy) is 1. The van der Waals surface area contributed by atoms with E-state index in [4.69, 9.17) is 10.5 Å². The zero-order chi connectivity index (χ0) is 12.3. The molecule has 0 aliphatic carbocycles. The van der Waals surface area contributed by atoms with Gasteiger partial charge in [-0.2, -0.15) is 0 Å². The minimum Gasteiger partial charge on any atom is -0.378 e. The second-order valence-corrected chi connectivity index (χ2v) is 4.32. The van der Waals surface area contributed by atoms with Crippen LogP contribution in [0.1, 0.15) is 28.9 Å². The molecule has 1 aromatic carbocycles. The first kappa shape index (κ1) is 12.1. The quantitative estimate of drug-likeness (QED) is 0.836. The molecule has 4 nitrogen and oxygen atoms in total. The molecule has 2 rings (SSSR count). The Labute approximate surface area is 101 Å². The summed E-state index contributed by atoms with van der Waals surface area (Å²) in [6.07, 6.45) is 0. The molecule has 1 heterocycles. The van der Waals surface area contributed by atoms with E-state index in [1.807, 2.05) is 36.1 Å². The molecule has 0 radical (unpaired) electrons. The lowest BCUT2D eigenvalue weighted by Crippen LogP contribution is -2.40. The smallest absolute Gasteiger partial charge is 0.254 e. The maximum Gasteiger partial charge on any atom is 0.254 e. The van der Waals surface area contributed by atoms with E-state index in [-0.39, 0.29) is 11.9 Å². The Morgan fingerprint density at radius 1 is 1.29 bits per heavy atom. The Morgan fingerprint density at radius 3 is 2.41 bits per heavy atom. The third-order valence-electron chi connectivity index (χ3n) is 2.98. The first-order valence-electron chi connectivity index (χ1n) is 5.91. The molecular weight excluding hydrogens is 216 g/mol. The molecular formula is C13H18N2O2. The Bertz CT molecular complexity index is 381. The van der Waals surface area contributed by atoms with Crippen molar-refractivity contribution in [3.05, 3.63) is 35.4 Å². The summed E-state index contributed by atoms with van der Waals surface area (Å²) in [5.74, 6) is 0.0736. The number of nitrogens with two attached hydrogens (primary N) is 1. The molecule has 0 saturated carbocycles. The van der Waals surface area contributed by atoms with E-state index in [0.29, 0.717) is 26.3 Å². The first-order chi connectivity index (χ1) is 8.18. The van der Waals surface area contributed by atoms with Gasteiger partial charge in [0, 0.05) is 24.7 Å². The van der Waals surface area contributed by atoms with Gasteiger partial charge in [0.15, 0.2) is 0 Å². The first-order valence-corrected chi connectivity index (χ1v) is 5.91. The van der Waals surface area contributed by atoms with Gasteiger partial charge in [-0.1, -0.05) is 12.1 Å². The number of nitrogens with zero attached hydrogens (tertiary/aromatic N) is 1. The second-order valence-electron chi connectivity index (χ2n) is 4.32. The summed E-state index contributed by atoms with van der Waals surface area (Å²) in [5.41, 5.74) is 7.53. The van der Waals surface area contributed by atoms with Crippen molar-refractivity contribution >= 4 is 5.91 Å². The molecule has 1 saturated heterocycles. The third kappa shape index (κ3) is 2.84. The van der Waals surface area contributed by atoms with E-state index in [1.165, 1.54) is 0 Å². The van der Waals surface area contributed by atoms with Crippen molar-refractivity contribution < 1.29 is 9.53 Å². The van der Waals surface area contributed by atoms with Crippen LogP contribution in [-0.2, 0) is 4.74 Å². The number of carbonyl (C=O) groups is 1. The fraction of sp³-hybridized carbons (Fsp3) is 0.462. The van der Waals surface area contributed by atoms with Gasteiger partial charge in [0.25, 0.3) is 5.91 Å². The van der Waals surface area contributed by atoms with Crippen molar-refractivity contribution in [2.24, 2.45) is 5.73 Å². The lowest BCUT2D eigenvalue weighted by Gasteiger charge is -2.26. The third-order valence-corrected chi connectivity index (χ3v) is 2.98. The summed E-state index contributed by atoms with van der Waals surface area (Å²) in [7, 11) is 0.